The summed E-state index contributed by atoms with van der Waals surface area (Å²) in [5, 5.41) is 10.4. The smallest absolute Gasteiger partial charge is 0.392 e. The lowest BCUT2D eigenvalue weighted by atomic mass is 9.97. The maximum absolute atomic E-state index is 13.6. The average Bonchev–Trinajstić information content (AvgIpc) is 3.13. The third-order valence-corrected chi connectivity index (χ3v) is 7.27. The molecule has 0 bridgehead atoms. The van der Waals surface area contributed by atoms with Crippen molar-refractivity contribution in [3.05, 3.63) is 46.9 Å². The van der Waals surface area contributed by atoms with Crippen molar-refractivity contribution in [1.29, 1.82) is 0 Å². The van der Waals surface area contributed by atoms with Crippen LogP contribution in [-0.4, -0.2) is 46.8 Å². The Bertz CT molecular complexity index is 1430. The first-order chi connectivity index (χ1) is 16.2. The van der Waals surface area contributed by atoms with E-state index in [-0.39, 0.29) is 28.9 Å². The fraction of sp³-hybridized carbons (Fsp3) is 0.409. The second-order valence-electron chi connectivity index (χ2n) is 8.85. The number of hydrogen-bond acceptors (Lipinski definition) is 7. The maximum atomic E-state index is 13.6. The number of carbonyl (C=O) groups excluding carboxylic acids is 1. The highest BCUT2D eigenvalue weighted by atomic mass is 32.2. The molecule has 0 saturated heterocycles. The van der Waals surface area contributed by atoms with Gasteiger partial charge in [0.2, 0.25) is 5.95 Å². The largest absolute Gasteiger partial charge is 0.434 e. The summed E-state index contributed by atoms with van der Waals surface area (Å²) >= 11 is 0. The van der Waals surface area contributed by atoms with E-state index in [0.717, 1.165) is 18.1 Å². The van der Waals surface area contributed by atoms with Crippen molar-refractivity contribution < 1.29 is 31.5 Å². The average molecular weight is 512 g/mol. The lowest BCUT2D eigenvalue weighted by Crippen LogP contribution is -2.41. The number of aliphatic hydroxyl groups excluding tert-OH is 1. The Kier molecular flexibility index (Phi) is 6.04. The Balaban J connectivity index is 1.88. The lowest BCUT2D eigenvalue weighted by molar-refractivity contribution is -0.141. The van der Waals surface area contributed by atoms with Gasteiger partial charge in [0.05, 0.1) is 23.1 Å². The van der Waals surface area contributed by atoms with Crippen molar-refractivity contribution in [3.63, 3.8) is 0 Å². The van der Waals surface area contributed by atoms with Crippen LogP contribution in [0, 0.1) is 5.92 Å². The number of carbonyl (C=O) groups is 1. The van der Waals surface area contributed by atoms with Crippen molar-refractivity contribution in [2.24, 2.45) is 11.7 Å². The number of sulfone groups is 1. The number of benzene rings is 1. The van der Waals surface area contributed by atoms with Gasteiger partial charge in [0.1, 0.15) is 0 Å². The second kappa shape index (κ2) is 8.48. The fourth-order valence-corrected chi connectivity index (χ4v) is 5.59. The van der Waals surface area contributed by atoms with E-state index < -0.39 is 45.8 Å². The summed E-state index contributed by atoms with van der Waals surface area (Å²) in [6.45, 7) is 3.90. The molecule has 0 aliphatic carbocycles. The van der Waals surface area contributed by atoms with Gasteiger partial charge in [0.15, 0.2) is 15.5 Å². The normalized spacial score (nSPS) is 16.7. The van der Waals surface area contributed by atoms with Crippen LogP contribution in [0.5, 0.6) is 0 Å². The van der Waals surface area contributed by atoms with Crippen LogP contribution < -0.4 is 10.6 Å². The van der Waals surface area contributed by atoms with Gasteiger partial charge in [-0.05, 0) is 29.7 Å². The fourth-order valence-electron chi connectivity index (χ4n) is 4.66. The molecular weight excluding hydrogens is 487 g/mol. The molecule has 3 aromatic rings. The minimum Gasteiger partial charge on any atom is -0.392 e. The van der Waals surface area contributed by atoms with Gasteiger partial charge in [-0.15, -0.1) is 0 Å². The number of halogens is 3. The van der Waals surface area contributed by atoms with E-state index in [1.165, 1.54) is 6.07 Å². The number of aromatic nitrogens is 3. The molecule has 1 aliphatic rings. The van der Waals surface area contributed by atoms with E-state index in [0.29, 0.717) is 17.4 Å². The van der Waals surface area contributed by atoms with Crippen LogP contribution in [0.2, 0.25) is 0 Å². The number of hydrogen-bond donors (Lipinski definition) is 2. The van der Waals surface area contributed by atoms with Crippen LogP contribution >= 0.6 is 0 Å². The predicted molar refractivity (Wildman–Crippen MR) is 121 cm³/mol. The number of fused-ring (bicyclic) bond motifs is 3. The van der Waals surface area contributed by atoms with Crippen LogP contribution in [0.25, 0.3) is 10.9 Å². The highest BCUT2D eigenvalue weighted by molar-refractivity contribution is 7.90. The molecule has 9 nitrogen and oxygen atoms in total. The van der Waals surface area contributed by atoms with Crippen LogP contribution in [0.4, 0.5) is 19.1 Å². The quantitative estimate of drug-likeness (QED) is 0.538. The Morgan fingerprint density at radius 2 is 1.94 bits per heavy atom. The third-order valence-electron chi connectivity index (χ3n) is 6.09. The van der Waals surface area contributed by atoms with Crippen LogP contribution in [0.1, 0.15) is 47.2 Å². The first-order valence-corrected chi connectivity index (χ1v) is 12.6. The zero-order valence-corrected chi connectivity index (χ0v) is 20.0. The number of nitrogens with zero attached hydrogens (tertiary/aromatic N) is 4. The number of amides is 1. The molecule has 3 N–H and O–H groups in total. The number of primary amides is 1. The molecule has 0 fully saturated rings. The molecule has 1 aliphatic heterocycles. The maximum Gasteiger partial charge on any atom is 0.434 e. The van der Waals surface area contributed by atoms with Crippen LogP contribution in [0.15, 0.2) is 29.3 Å². The number of nitrogens with two attached hydrogens (primary N) is 1. The standard InChI is InChI=1S/C22H24F3N5O4S/c1-11(2)18-16-7-12-6-13(10-31)17(35(3,33)34)8-15(12)29(16)4-5-30(18)21-27-9-14(20(26)32)19(28-21)22(23,24)25/h6-9,11,18,31H,4-5,10H2,1-3H3,(H2,26,32)/t18-/m0/s1. The molecule has 188 valence electrons. The van der Waals surface area contributed by atoms with Gasteiger partial charge in [-0.25, -0.2) is 18.4 Å². The molecule has 0 radical (unpaired) electrons. The van der Waals surface area contributed by atoms with Crippen molar-refractivity contribution in [3.8, 4) is 0 Å². The van der Waals surface area contributed by atoms with Gasteiger partial charge in [0, 0.05) is 42.1 Å². The molecular formula is C22H24F3N5O4S. The Hall–Kier alpha value is -3.19. The molecule has 1 aromatic carbocycles. The van der Waals surface area contributed by atoms with Gasteiger partial charge >= 0.3 is 6.18 Å². The lowest BCUT2D eigenvalue weighted by Gasteiger charge is -2.39. The third kappa shape index (κ3) is 4.33. The molecule has 3 heterocycles. The molecule has 35 heavy (non-hydrogen) atoms. The molecule has 0 spiro atoms. The zero-order valence-electron chi connectivity index (χ0n) is 19.2. The summed E-state index contributed by atoms with van der Waals surface area (Å²) in [6.07, 6.45) is -3.04. The Labute approximate surface area is 199 Å². The Morgan fingerprint density at radius 3 is 2.49 bits per heavy atom. The summed E-state index contributed by atoms with van der Waals surface area (Å²) in [6, 6.07) is 4.52. The summed E-state index contributed by atoms with van der Waals surface area (Å²) < 4.78 is 67.3. The molecule has 2 aromatic heterocycles. The predicted octanol–water partition coefficient (Wildman–Crippen LogP) is 2.66. The zero-order chi connectivity index (χ0) is 25.9. The summed E-state index contributed by atoms with van der Waals surface area (Å²) in [5.41, 5.74) is 4.54. The first-order valence-electron chi connectivity index (χ1n) is 10.7. The highest BCUT2D eigenvalue weighted by Crippen LogP contribution is 2.40. The van der Waals surface area contributed by atoms with Crippen LogP contribution in [0.3, 0.4) is 0 Å². The number of rotatable bonds is 5. The molecule has 1 atom stereocenters. The minimum atomic E-state index is -4.90. The van der Waals surface area contributed by atoms with Gasteiger partial charge in [0.25, 0.3) is 5.91 Å². The molecule has 1 amide bonds. The van der Waals surface area contributed by atoms with E-state index in [9.17, 15) is 31.5 Å². The molecule has 0 saturated carbocycles. The summed E-state index contributed by atoms with van der Waals surface area (Å²) in [5.74, 6) is -1.56. The SMILES string of the molecule is CC(C)[C@H]1c2cc3cc(CO)c(S(C)(=O)=O)cc3n2CCN1c1ncc(C(N)=O)c(C(F)(F)F)n1. The van der Waals surface area contributed by atoms with E-state index in [4.69, 9.17) is 5.73 Å². The van der Waals surface area contributed by atoms with Crippen LogP contribution in [-0.2, 0) is 29.2 Å². The van der Waals surface area contributed by atoms with Crippen molar-refractivity contribution in [1.82, 2.24) is 14.5 Å². The summed E-state index contributed by atoms with van der Waals surface area (Å²) in [7, 11) is -3.60. The van der Waals surface area contributed by atoms with Gasteiger partial charge < -0.3 is 20.3 Å². The van der Waals surface area contributed by atoms with Crippen molar-refractivity contribution in [2.75, 3.05) is 17.7 Å². The van der Waals surface area contributed by atoms with Gasteiger partial charge in [-0.2, -0.15) is 13.2 Å². The topological polar surface area (TPSA) is 131 Å². The van der Waals surface area contributed by atoms with E-state index in [1.807, 2.05) is 24.5 Å². The summed E-state index contributed by atoms with van der Waals surface area (Å²) in [4.78, 5) is 20.9. The second-order valence-corrected chi connectivity index (χ2v) is 10.8. The molecule has 0 unspecified atom stereocenters. The Morgan fingerprint density at radius 1 is 1.26 bits per heavy atom. The molecule has 13 heteroatoms. The van der Waals surface area contributed by atoms with E-state index >= 15 is 0 Å². The van der Waals surface area contributed by atoms with Crippen molar-refractivity contribution >= 4 is 32.6 Å². The number of alkyl halides is 3. The molecule has 4 rings (SSSR count). The van der Waals surface area contributed by atoms with E-state index in [1.54, 1.807) is 11.0 Å². The number of aliphatic hydroxyl groups is 1. The first kappa shape index (κ1) is 24.9. The highest BCUT2D eigenvalue weighted by Gasteiger charge is 2.40. The minimum absolute atomic E-state index is 0.0251. The van der Waals surface area contributed by atoms with Crippen molar-refractivity contribution in [2.45, 2.75) is 44.1 Å². The van der Waals surface area contributed by atoms with Gasteiger partial charge in [-0.1, -0.05) is 13.8 Å². The monoisotopic (exact) mass is 511 g/mol. The number of anilines is 1. The van der Waals surface area contributed by atoms with E-state index in [2.05, 4.69) is 9.97 Å². The van der Waals surface area contributed by atoms with Gasteiger partial charge in [-0.3, -0.25) is 4.79 Å².